The number of nitrogens with one attached hydrogen (secondary N) is 5. The predicted octanol–water partition coefficient (Wildman–Crippen LogP) is 6.73. The van der Waals surface area contributed by atoms with Gasteiger partial charge in [-0.15, -0.1) is 8.67 Å². The molecule has 6 rings (SSSR count). The maximum Gasteiger partial charge on any atom is 0.490 e. The van der Waals surface area contributed by atoms with Crippen LogP contribution in [0.2, 0.25) is 0 Å². The highest BCUT2D eigenvalue weighted by Crippen LogP contribution is 2.66. The molecule has 44 heteroatoms. The highest BCUT2D eigenvalue weighted by molar-refractivity contribution is 7.94. The van der Waals surface area contributed by atoms with Crippen molar-refractivity contribution in [3.8, 4) is 0 Å². The van der Waals surface area contributed by atoms with Gasteiger partial charge in [0.05, 0.1) is 23.0 Å². The van der Waals surface area contributed by atoms with Gasteiger partial charge < -0.3 is 61.7 Å². The summed E-state index contributed by atoms with van der Waals surface area (Å²) in [7, 11) is -21.6. The number of carbonyl (C=O) groups is 5. The minimum Gasteiger partial charge on any atom is -0.390 e. The number of benzene rings is 1. The van der Waals surface area contributed by atoms with Crippen LogP contribution in [0.5, 0.6) is 0 Å². The molecule has 5 unspecified atom stereocenters. The number of amides is 5. The zero-order valence-corrected chi connectivity index (χ0v) is 65.2. The van der Waals surface area contributed by atoms with Crippen molar-refractivity contribution in [3.05, 3.63) is 88.2 Å². The number of phosphoric acid groups is 3. The standard InChI is InChI=1S/C64H98N11O27P3S3/c1-45-63(2)32-30-57(79)67-34-16-13-22-49(70-58(80)27-12-7-17-37-73-50-29-28-47(108(92,93)94)41-48(50)64(3,31-19-39-106-99-97-83)53(73)23-8-4-9-24-54(63)75(72-45)38-20-40-107-100-98-84)61(81)69-35-15-6-11-25-55(77)66-33-14-5-10-26-56(78)68-36-18-21-46-43-74(62(82)71-60(46)65)59-42-51(76)52(96-59)44-95-104(88,89)102-105(90,91)101-103(85,86)87/h4,8-9,18,21,23-24,28-29,41,43,49,51-52,59,76H,5-7,10-17,19-20,22,25-27,30-40,42,44H2,1-3H3,(H13-,65,66,67,68,69,70,71,77,78,79,80,81,82,83,84,85,86,87,88,89,90,91,92,93,94)/p+1/b21-18+/t49?,51-,52-,59-,63?,64?/m1/s1. The highest BCUT2D eigenvalue weighted by atomic mass is 32.2. The SMILES string of the molecule is CC1=NN(CCCSOOO)/C2=C/C=C/C=C/C3=[N+](CCCCCC(=O)NC(C(=O)NCCCCCC(=O)NCCCCCC(=O)NC/C=C/c4cn([C@H]5C[C@@H](O)[C@@H](COP(=O)(O)OP(=O)(O)OP(=O)(O)O)O5)c(=O)nc4N)CCCCNC(=O)CCC12C)c1ccc(S(=O)(=O)O)cc1C3(C)CCCSOOO. The average molecular weight is 1640 g/mol. The molecule has 0 aliphatic carbocycles. The third kappa shape index (κ3) is 29.9. The van der Waals surface area contributed by atoms with Crippen LogP contribution in [0.25, 0.3) is 6.08 Å². The lowest BCUT2D eigenvalue weighted by atomic mass is 9.76. The van der Waals surface area contributed by atoms with Crippen molar-refractivity contribution >= 4 is 116 Å². The van der Waals surface area contributed by atoms with Crippen LogP contribution in [0.1, 0.15) is 173 Å². The number of aliphatic hydroxyl groups excluding tert-OH is 1. The van der Waals surface area contributed by atoms with Gasteiger partial charge in [0.1, 0.15) is 30.7 Å². The van der Waals surface area contributed by atoms with E-state index in [9.17, 15) is 70.3 Å². The van der Waals surface area contributed by atoms with E-state index in [1.165, 1.54) is 30.5 Å². The fraction of sp³-hybridized carbons (Fsp3) is 0.609. The third-order valence-corrected chi connectivity index (χ3v) is 24.1. The van der Waals surface area contributed by atoms with E-state index in [1.54, 1.807) is 6.07 Å². The molecule has 108 heavy (non-hydrogen) atoms. The lowest BCUT2D eigenvalue weighted by Crippen LogP contribution is -2.47. The van der Waals surface area contributed by atoms with E-state index < -0.39 is 81.2 Å². The van der Waals surface area contributed by atoms with E-state index in [0.29, 0.717) is 153 Å². The number of nitrogens with zero attached hydrogens (tertiary/aromatic N) is 5. The largest absolute Gasteiger partial charge is 0.490 e. The van der Waals surface area contributed by atoms with Gasteiger partial charge in [0.15, 0.2) is 5.71 Å². The number of carbonyl (C=O) groups excluding carboxylic acids is 5. The van der Waals surface area contributed by atoms with E-state index in [0.717, 1.165) is 51.5 Å². The van der Waals surface area contributed by atoms with Crippen LogP contribution in [0.15, 0.2) is 81.3 Å². The van der Waals surface area contributed by atoms with Crippen molar-refractivity contribution in [2.24, 2.45) is 10.5 Å². The van der Waals surface area contributed by atoms with Gasteiger partial charge in [0, 0.05) is 153 Å². The second-order valence-corrected chi connectivity index (χ2v) is 33.6. The summed E-state index contributed by atoms with van der Waals surface area (Å²) in [5.74, 6) is -0.541. The zero-order chi connectivity index (χ0) is 79.1. The number of phosphoric ester groups is 1. The lowest BCUT2D eigenvalue weighted by molar-refractivity contribution is -0.438. The highest BCUT2D eigenvalue weighted by Gasteiger charge is 2.49. The molecule has 2 aromatic rings. The molecule has 0 bridgehead atoms. The van der Waals surface area contributed by atoms with Gasteiger partial charge in [-0.25, -0.2) is 29.0 Å². The Balaban J connectivity index is 0.958. The first-order valence-electron chi connectivity index (χ1n) is 35.1. The number of anilines is 1. The van der Waals surface area contributed by atoms with Gasteiger partial charge in [-0.2, -0.15) is 31.7 Å². The number of hydrogen-bond donors (Lipinski definition) is 14. The molecule has 5 amide bonds. The summed E-state index contributed by atoms with van der Waals surface area (Å²) in [5.41, 5.74) is 7.71. The minimum atomic E-state index is -5.80. The van der Waals surface area contributed by atoms with Crippen LogP contribution < -0.4 is 38.0 Å². The summed E-state index contributed by atoms with van der Waals surface area (Å²) >= 11 is 1.83. The number of hydrazone groups is 1. The van der Waals surface area contributed by atoms with E-state index >= 15 is 0 Å². The molecule has 0 radical (unpaired) electrons. The van der Waals surface area contributed by atoms with Gasteiger partial charge in [0.25, 0.3) is 10.1 Å². The quantitative estimate of drug-likeness (QED) is 0.00634. The molecular weight excluding hydrogens is 1540 g/mol. The lowest BCUT2D eigenvalue weighted by Gasteiger charge is -2.29. The molecule has 4 aliphatic heterocycles. The smallest absolute Gasteiger partial charge is 0.390 e. The summed E-state index contributed by atoms with van der Waals surface area (Å²) in [6.07, 6.45) is 18.9. The first-order chi connectivity index (χ1) is 51.2. The van der Waals surface area contributed by atoms with Gasteiger partial charge in [-0.1, -0.05) is 53.3 Å². The Morgan fingerprint density at radius 1 is 0.843 bits per heavy atom. The fourth-order valence-corrected chi connectivity index (χ4v) is 16.8. The predicted molar refractivity (Wildman–Crippen MR) is 395 cm³/mol. The molecule has 0 saturated carbocycles. The number of ether oxygens (including phenoxy) is 1. The third-order valence-electron chi connectivity index (χ3n) is 18.2. The maximum absolute atomic E-state index is 13.8. The summed E-state index contributed by atoms with van der Waals surface area (Å²) in [6.45, 7) is 7.04. The van der Waals surface area contributed by atoms with E-state index in [2.05, 4.69) is 68.0 Å². The maximum atomic E-state index is 13.8. The monoisotopic (exact) mass is 1640 g/mol. The molecule has 1 aromatic carbocycles. The molecular formula is C64H99N11O27P3S3+. The second-order valence-electron chi connectivity index (χ2n) is 26.2. The van der Waals surface area contributed by atoms with Crippen molar-refractivity contribution in [1.82, 2.24) is 41.1 Å². The van der Waals surface area contributed by atoms with E-state index in [1.807, 2.05) is 56.2 Å². The average Bonchev–Trinajstić information content (AvgIpc) is 1.58. The molecule has 1 aromatic heterocycles. The Labute approximate surface area is 633 Å². The van der Waals surface area contributed by atoms with Crippen LogP contribution in [0.4, 0.5) is 11.5 Å². The molecule has 5 heterocycles. The number of fused-ring (bicyclic) bond motifs is 3. The summed E-state index contributed by atoms with van der Waals surface area (Å²) < 4.78 is 99.8. The number of aliphatic hydroxyl groups is 1. The Hall–Kier alpha value is -5.95. The molecule has 0 spiro atoms. The number of hydrogen-bond acceptors (Lipinski definition) is 28. The molecule has 8 atom stereocenters. The van der Waals surface area contributed by atoms with Crippen molar-refractivity contribution in [2.45, 2.75) is 190 Å². The number of rotatable bonds is 37. The molecule has 4 aliphatic rings. The molecule has 38 nitrogen and oxygen atoms in total. The molecule has 1 fully saturated rings. The topological polar surface area (TPSA) is 546 Å². The van der Waals surface area contributed by atoms with Crippen molar-refractivity contribution in [1.29, 1.82) is 0 Å². The Bertz CT molecular complexity index is 3920. The van der Waals surface area contributed by atoms with Crippen LogP contribution in [0.3, 0.4) is 0 Å². The fourth-order valence-electron chi connectivity index (χ4n) is 12.5. The molecule has 1 saturated heterocycles. The van der Waals surface area contributed by atoms with Crippen LogP contribution in [-0.4, -0.2) is 184 Å². The van der Waals surface area contributed by atoms with Crippen LogP contribution in [-0.2, 0) is 89.8 Å². The van der Waals surface area contributed by atoms with E-state index in [4.69, 9.17) is 35.9 Å². The van der Waals surface area contributed by atoms with Crippen molar-refractivity contribution in [2.75, 3.05) is 63.1 Å². The Morgan fingerprint density at radius 3 is 2.23 bits per heavy atom. The first kappa shape index (κ1) is 90.9. The van der Waals surface area contributed by atoms with Gasteiger partial charge >= 0.3 is 29.2 Å². The first-order valence-corrected chi connectivity index (χ1v) is 42.9. The van der Waals surface area contributed by atoms with Gasteiger partial charge in [0.2, 0.25) is 35.2 Å². The second kappa shape index (κ2) is 44.3. The molecule has 604 valence electrons. The van der Waals surface area contributed by atoms with Gasteiger partial charge in [-0.3, -0.25) is 42.6 Å². The van der Waals surface area contributed by atoms with Crippen molar-refractivity contribution < 1.29 is 127 Å². The van der Waals surface area contributed by atoms with E-state index in [-0.39, 0.29) is 84.5 Å². The normalized spacial score (nSPS) is 23.8. The number of unbranched alkanes of at least 4 members (excludes halogenated alkanes) is 4. The minimum absolute atomic E-state index is 0.0604. The van der Waals surface area contributed by atoms with Crippen LogP contribution in [0, 0.1) is 5.41 Å². The summed E-state index contributed by atoms with van der Waals surface area (Å²) in [4.78, 5) is 119. The van der Waals surface area contributed by atoms with Crippen LogP contribution >= 0.6 is 47.6 Å². The Morgan fingerprint density at radius 2 is 1.54 bits per heavy atom. The molecule has 15 N–H and O–H groups in total. The number of nitrogen functional groups attached to an aromatic ring is 1. The number of aromatic nitrogens is 2. The number of allylic oxidation sites excluding steroid dienone is 6. The Kier molecular flexibility index (Phi) is 37.3. The van der Waals surface area contributed by atoms with Crippen molar-refractivity contribution in [3.63, 3.8) is 0 Å². The van der Waals surface area contributed by atoms with Gasteiger partial charge in [-0.05, 0) is 122 Å². The zero-order valence-electron chi connectivity index (χ0n) is 60.1. The summed E-state index contributed by atoms with van der Waals surface area (Å²) in [5, 5.41) is 56.8. The summed E-state index contributed by atoms with van der Waals surface area (Å²) in [6, 6.07) is 3.66. The number of nitrogens with two attached hydrogens (primary N) is 1.